The van der Waals surface area contributed by atoms with E-state index < -0.39 is 5.91 Å². The second-order valence-corrected chi connectivity index (χ2v) is 4.34. The number of methoxy groups -OCH3 is 1. The highest BCUT2D eigenvalue weighted by atomic mass is 35.5. The van der Waals surface area contributed by atoms with Gasteiger partial charge in [0.1, 0.15) is 17.3 Å². The van der Waals surface area contributed by atoms with Gasteiger partial charge >= 0.3 is 0 Å². The molecule has 2 N–H and O–H groups in total. The zero-order valence-electron chi connectivity index (χ0n) is 11.1. The smallest absolute Gasteiger partial charge is 0.276 e. The first kappa shape index (κ1) is 14.1. The summed E-state index contributed by atoms with van der Waals surface area (Å²) in [4.78, 5) is 16.4. The van der Waals surface area contributed by atoms with Crippen molar-refractivity contribution in [1.29, 1.82) is 0 Å². The Morgan fingerprint density at radius 1 is 1.25 bits per heavy atom. The molecule has 0 aliphatic carbocycles. The minimum atomic E-state index is -0.392. The third-order valence-electron chi connectivity index (χ3n) is 2.67. The molecule has 2 rings (SSSR count). The van der Waals surface area contributed by atoms with Crippen LogP contribution in [0.2, 0.25) is 5.02 Å². The number of carbonyl (C=O) groups excluding carboxylic acids is 1. The normalized spacial score (nSPS) is 9.95. The molecule has 1 heterocycles. The maximum Gasteiger partial charge on any atom is 0.276 e. The van der Waals surface area contributed by atoms with E-state index in [-0.39, 0.29) is 10.7 Å². The predicted octanol–water partition coefficient (Wildman–Crippen LogP) is 3.04. The molecule has 1 aromatic carbocycles. The summed E-state index contributed by atoms with van der Waals surface area (Å²) in [6, 6.07) is 10.4. The number of nitrogens with zero attached hydrogens (tertiary/aromatic N) is 1. The van der Waals surface area contributed by atoms with Crippen molar-refractivity contribution < 1.29 is 9.53 Å². The number of halogens is 1. The van der Waals surface area contributed by atoms with E-state index in [1.54, 1.807) is 37.4 Å². The van der Waals surface area contributed by atoms with Gasteiger partial charge < -0.3 is 15.4 Å². The molecule has 1 aromatic heterocycles. The molecule has 0 saturated carbocycles. The molecule has 0 radical (unpaired) electrons. The highest BCUT2D eigenvalue weighted by Gasteiger charge is 2.15. The van der Waals surface area contributed by atoms with Crippen LogP contribution >= 0.6 is 11.6 Å². The summed E-state index contributed by atoms with van der Waals surface area (Å²) in [5.74, 6) is 0.748. The number of pyridine rings is 1. The van der Waals surface area contributed by atoms with Crippen LogP contribution in [-0.2, 0) is 0 Å². The SMILES string of the molecule is CNc1ccc(Cl)c(C(=O)Nc2ccccc2OC)n1. The first-order chi connectivity index (χ1) is 9.65. The fraction of sp³-hybridized carbons (Fsp3) is 0.143. The minimum absolute atomic E-state index is 0.157. The van der Waals surface area contributed by atoms with Crippen molar-refractivity contribution in [3.05, 3.63) is 47.1 Å². The Kier molecular flexibility index (Phi) is 4.42. The van der Waals surface area contributed by atoms with Gasteiger partial charge in [-0.05, 0) is 24.3 Å². The van der Waals surface area contributed by atoms with Crippen LogP contribution in [0.3, 0.4) is 0 Å². The van der Waals surface area contributed by atoms with Crippen molar-refractivity contribution in [1.82, 2.24) is 4.98 Å². The fourth-order valence-electron chi connectivity index (χ4n) is 1.67. The zero-order valence-corrected chi connectivity index (χ0v) is 11.9. The molecule has 2 aromatic rings. The molecule has 5 nitrogen and oxygen atoms in total. The Balaban J connectivity index is 2.28. The largest absolute Gasteiger partial charge is 0.495 e. The number of hydrogen-bond acceptors (Lipinski definition) is 4. The number of aromatic nitrogens is 1. The molecule has 6 heteroatoms. The van der Waals surface area contributed by atoms with Crippen LogP contribution in [0.25, 0.3) is 0 Å². The summed E-state index contributed by atoms with van der Waals surface area (Å²) in [5, 5.41) is 5.88. The van der Waals surface area contributed by atoms with Gasteiger partial charge in [0.15, 0.2) is 0 Å². The topological polar surface area (TPSA) is 63.2 Å². The molecule has 0 saturated heterocycles. The van der Waals surface area contributed by atoms with Crippen molar-refractivity contribution in [2.75, 3.05) is 24.8 Å². The number of anilines is 2. The Hall–Kier alpha value is -2.27. The standard InChI is InChI=1S/C14H14ClN3O2/c1-16-12-8-7-9(15)13(18-12)14(19)17-10-5-3-4-6-11(10)20-2/h3-8H,1-2H3,(H,16,18)(H,17,19). The van der Waals surface area contributed by atoms with E-state index in [0.29, 0.717) is 17.3 Å². The van der Waals surface area contributed by atoms with Crippen molar-refractivity contribution in [2.24, 2.45) is 0 Å². The average Bonchev–Trinajstić information content (AvgIpc) is 2.48. The van der Waals surface area contributed by atoms with Crippen LogP contribution in [0.5, 0.6) is 5.75 Å². The summed E-state index contributed by atoms with van der Waals surface area (Å²) in [6.45, 7) is 0. The lowest BCUT2D eigenvalue weighted by atomic mass is 10.2. The second-order valence-electron chi connectivity index (χ2n) is 3.93. The van der Waals surface area contributed by atoms with E-state index in [9.17, 15) is 4.79 Å². The summed E-state index contributed by atoms with van der Waals surface area (Å²) in [7, 11) is 3.26. The lowest BCUT2D eigenvalue weighted by Crippen LogP contribution is -2.15. The summed E-state index contributed by atoms with van der Waals surface area (Å²) >= 11 is 6.01. The second kappa shape index (κ2) is 6.25. The van der Waals surface area contributed by atoms with Gasteiger partial charge in [0.25, 0.3) is 5.91 Å². The lowest BCUT2D eigenvalue weighted by molar-refractivity contribution is 0.102. The summed E-state index contributed by atoms with van der Waals surface area (Å²) in [6.07, 6.45) is 0. The Morgan fingerprint density at radius 2 is 2.00 bits per heavy atom. The molecule has 0 bridgehead atoms. The fourth-order valence-corrected chi connectivity index (χ4v) is 1.86. The molecule has 0 fully saturated rings. The average molecular weight is 292 g/mol. The van der Waals surface area contributed by atoms with Gasteiger partial charge in [-0.25, -0.2) is 4.98 Å². The van der Waals surface area contributed by atoms with Crippen molar-refractivity contribution in [3.63, 3.8) is 0 Å². The van der Waals surface area contributed by atoms with Gasteiger partial charge in [-0.2, -0.15) is 0 Å². The van der Waals surface area contributed by atoms with Gasteiger partial charge in [0.2, 0.25) is 0 Å². The summed E-state index contributed by atoms with van der Waals surface area (Å²) < 4.78 is 5.18. The van der Waals surface area contributed by atoms with Crippen molar-refractivity contribution >= 4 is 29.0 Å². The molecule has 0 atom stereocenters. The van der Waals surface area contributed by atoms with E-state index in [0.717, 1.165) is 0 Å². The number of rotatable bonds is 4. The summed E-state index contributed by atoms with van der Waals surface area (Å²) in [5.41, 5.74) is 0.720. The molecular weight excluding hydrogens is 278 g/mol. The number of ether oxygens (including phenoxy) is 1. The molecule has 0 unspecified atom stereocenters. The van der Waals surface area contributed by atoms with Gasteiger partial charge in [0.05, 0.1) is 17.8 Å². The lowest BCUT2D eigenvalue weighted by Gasteiger charge is -2.10. The highest BCUT2D eigenvalue weighted by Crippen LogP contribution is 2.25. The first-order valence-electron chi connectivity index (χ1n) is 5.94. The number of benzene rings is 1. The third-order valence-corrected chi connectivity index (χ3v) is 2.98. The van der Waals surface area contributed by atoms with Crippen LogP contribution in [0.15, 0.2) is 36.4 Å². The van der Waals surface area contributed by atoms with Gasteiger partial charge in [-0.1, -0.05) is 23.7 Å². The quantitative estimate of drug-likeness (QED) is 0.909. The third kappa shape index (κ3) is 3.00. The number of hydrogen-bond donors (Lipinski definition) is 2. The number of amides is 1. The molecular formula is C14H14ClN3O2. The van der Waals surface area contributed by atoms with E-state index in [4.69, 9.17) is 16.3 Å². The molecule has 0 aliphatic heterocycles. The Bertz CT molecular complexity index is 632. The van der Waals surface area contributed by atoms with Crippen LogP contribution in [0, 0.1) is 0 Å². The number of carbonyl (C=O) groups is 1. The molecule has 0 spiro atoms. The molecule has 20 heavy (non-hydrogen) atoms. The minimum Gasteiger partial charge on any atom is -0.495 e. The van der Waals surface area contributed by atoms with E-state index in [2.05, 4.69) is 15.6 Å². The van der Waals surface area contributed by atoms with Crippen molar-refractivity contribution in [2.45, 2.75) is 0 Å². The number of nitrogens with one attached hydrogen (secondary N) is 2. The highest BCUT2D eigenvalue weighted by molar-refractivity contribution is 6.34. The Morgan fingerprint density at radius 3 is 2.70 bits per heavy atom. The first-order valence-corrected chi connectivity index (χ1v) is 6.32. The van der Waals surface area contributed by atoms with Crippen LogP contribution in [0.4, 0.5) is 11.5 Å². The molecule has 1 amide bonds. The van der Waals surface area contributed by atoms with Gasteiger partial charge in [-0.3, -0.25) is 4.79 Å². The maximum atomic E-state index is 12.2. The maximum absolute atomic E-state index is 12.2. The molecule has 104 valence electrons. The molecule has 0 aliphatic rings. The predicted molar refractivity (Wildman–Crippen MR) is 79.7 cm³/mol. The Labute approximate surface area is 121 Å². The van der Waals surface area contributed by atoms with E-state index >= 15 is 0 Å². The van der Waals surface area contributed by atoms with Crippen LogP contribution < -0.4 is 15.4 Å². The van der Waals surface area contributed by atoms with Gasteiger partial charge in [-0.15, -0.1) is 0 Å². The van der Waals surface area contributed by atoms with Crippen LogP contribution in [0.1, 0.15) is 10.5 Å². The monoisotopic (exact) mass is 291 g/mol. The van der Waals surface area contributed by atoms with E-state index in [1.165, 1.54) is 7.11 Å². The van der Waals surface area contributed by atoms with Crippen LogP contribution in [-0.4, -0.2) is 25.0 Å². The number of para-hydroxylation sites is 2. The van der Waals surface area contributed by atoms with E-state index in [1.807, 2.05) is 6.07 Å². The van der Waals surface area contributed by atoms with Gasteiger partial charge in [0, 0.05) is 7.05 Å². The van der Waals surface area contributed by atoms with Crippen molar-refractivity contribution in [3.8, 4) is 5.75 Å². The zero-order chi connectivity index (χ0) is 14.5.